The van der Waals surface area contributed by atoms with Gasteiger partial charge in [0.05, 0.1) is 48.5 Å². The van der Waals surface area contributed by atoms with Crippen molar-refractivity contribution in [1.82, 2.24) is 19.2 Å². The first-order valence-corrected chi connectivity index (χ1v) is 29.7. The monoisotopic (exact) mass is 1160 g/mol. The molecule has 8 atom stereocenters. The molecule has 412 valence electrons. The molecule has 76 heavy (non-hydrogen) atoms. The summed E-state index contributed by atoms with van der Waals surface area (Å²) in [6.45, 7) is 10.5. The van der Waals surface area contributed by atoms with Gasteiger partial charge in [-0.05, 0) is 150 Å². The van der Waals surface area contributed by atoms with Crippen molar-refractivity contribution >= 4 is 90.2 Å². The second-order valence-corrected chi connectivity index (χ2v) is 27.2. The van der Waals surface area contributed by atoms with Gasteiger partial charge in [0.1, 0.15) is 24.4 Å². The van der Waals surface area contributed by atoms with E-state index < -0.39 is 116 Å². The van der Waals surface area contributed by atoms with E-state index in [4.69, 9.17) is 55.9 Å². The molecule has 22 heteroatoms. The van der Waals surface area contributed by atoms with Crippen molar-refractivity contribution in [2.75, 3.05) is 11.5 Å². The molecule has 2 saturated heterocycles. The molecule has 4 N–H and O–H groups in total. The number of nitrogens with zero attached hydrogens (tertiary/aromatic N) is 2. The lowest BCUT2D eigenvalue weighted by atomic mass is 9.89. The van der Waals surface area contributed by atoms with Gasteiger partial charge < -0.3 is 29.5 Å². The number of halogens is 4. The van der Waals surface area contributed by atoms with Crippen molar-refractivity contribution in [3.05, 3.63) is 139 Å². The molecule has 4 aromatic carbocycles. The summed E-state index contributed by atoms with van der Waals surface area (Å²) in [6.07, 6.45) is -2.22. The van der Waals surface area contributed by atoms with Crippen LogP contribution in [0.1, 0.15) is 127 Å². The number of sulfonamides is 2. The third-order valence-corrected chi connectivity index (χ3v) is 17.5. The highest BCUT2D eigenvalue weighted by molar-refractivity contribution is 7.89. The largest absolute Gasteiger partial charge is 0.481 e. The first-order chi connectivity index (χ1) is 35.5. The van der Waals surface area contributed by atoms with Gasteiger partial charge in [-0.25, -0.2) is 26.3 Å². The molecule has 2 heterocycles. The second-order valence-electron chi connectivity index (χ2n) is 22.0. The van der Waals surface area contributed by atoms with Crippen molar-refractivity contribution in [2.24, 2.45) is 11.8 Å². The van der Waals surface area contributed by atoms with E-state index in [-0.39, 0.29) is 23.3 Å². The lowest BCUT2D eigenvalue weighted by Crippen LogP contribution is -2.58. The summed E-state index contributed by atoms with van der Waals surface area (Å²) in [5.74, 6) is -4.20. The predicted octanol–water partition coefficient (Wildman–Crippen LogP) is 9.95. The van der Waals surface area contributed by atoms with E-state index in [1.807, 2.05) is 0 Å². The van der Waals surface area contributed by atoms with E-state index in [1.54, 1.807) is 148 Å². The van der Waals surface area contributed by atoms with Crippen LogP contribution in [-0.4, -0.2) is 107 Å². The lowest BCUT2D eigenvalue weighted by Gasteiger charge is -2.48. The van der Waals surface area contributed by atoms with Crippen LogP contribution in [-0.2, 0) is 48.7 Å². The molecular formula is C54H64Cl4N4O12S2. The van der Waals surface area contributed by atoms with Gasteiger partial charge in [-0.1, -0.05) is 94.9 Å². The fourth-order valence-electron chi connectivity index (χ4n) is 10.0. The number of benzene rings is 4. The van der Waals surface area contributed by atoms with Gasteiger partial charge >= 0.3 is 11.9 Å². The summed E-state index contributed by atoms with van der Waals surface area (Å²) >= 11 is 24.9. The summed E-state index contributed by atoms with van der Waals surface area (Å²) in [4.78, 5) is 54.5. The van der Waals surface area contributed by atoms with E-state index in [2.05, 4.69) is 9.44 Å². The van der Waals surface area contributed by atoms with Gasteiger partial charge in [0.15, 0.2) is 0 Å². The summed E-state index contributed by atoms with van der Waals surface area (Å²) in [5.41, 5.74) is 1.27. The van der Waals surface area contributed by atoms with Crippen LogP contribution in [0.3, 0.4) is 0 Å². The highest BCUT2D eigenvalue weighted by atomic mass is 35.5. The second kappa shape index (κ2) is 23.9. The molecule has 2 aliphatic heterocycles. The fraction of sp³-hybridized carbons (Fsp3) is 0.481. The van der Waals surface area contributed by atoms with E-state index in [1.165, 1.54) is 0 Å². The average molecular weight is 1170 g/mol. The minimum Gasteiger partial charge on any atom is -0.481 e. The van der Waals surface area contributed by atoms with Gasteiger partial charge in [0.2, 0.25) is 20.0 Å². The fourth-order valence-corrected chi connectivity index (χ4v) is 14.5. The van der Waals surface area contributed by atoms with Gasteiger partial charge in [0.25, 0.3) is 11.8 Å². The predicted molar refractivity (Wildman–Crippen MR) is 291 cm³/mol. The molecule has 2 aliphatic carbocycles. The Balaban J connectivity index is 0.000000221. The number of hydrogen-bond acceptors (Lipinski definition) is 10. The Kier molecular flexibility index (Phi) is 18.7. The molecular weight excluding hydrogens is 1100 g/mol. The van der Waals surface area contributed by atoms with Crippen LogP contribution in [0.2, 0.25) is 20.1 Å². The Morgan fingerprint density at radius 3 is 1.16 bits per heavy atom. The van der Waals surface area contributed by atoms with Crippen LogP contribution in [0.5, 0.6) is 0 Å². The number of ether oxygens (including phenoxy) is 2. The molecule has 8 rings (SSSR count). The molecule has 0 aromatic heterocycles. The van der Waals surface area contributed by atoms with Crippen LogP contribution < -0.4 is 9.44 Å². The Bertz CT molecular complexity index is 2780. The quantitative estimate of drug-likeness (QED) is 0.0730. The number of carboxylic acids is 2. The van der Waals surface area contributed by atoms with Crippen molar-refractivity contribution in [3.63, 3.8) is 0 Å². The smallest absolute Gasteiger partial charge is 0.306 e. The minimum absolute atomic E-state index is 0.0473. The molecule has 4 aromatic rings. The molecule has 0 unspecified atom stereocenters. The number of aliphatic carboxylic acids is 2. The molecule has 0 spiro atoms. The zero-order valence-corrected chi connectivity index (χ0v) is 47.5. The summed E-state index contributed by atoms with van der Waals surface area (Å²) in [5, 5.41) is 21.0. The van der Waals surface area contributed by atoms with Crippen LogP contribution in [0.25, 0.3) is 0 Å². The number of morpholine rings is 2. The normalized spacial score (nSPS) is 23.3. The van der Waals surface area contributed by atoms with Crippen LogP contribution in [0, 0.1) is 11.8 Å². The molecule has 2 amide bonds. The first kappa shape index (κ1) is 59.3. The summed E-state index contributed by atoms with van der Waals surface area (Å²) in [6, 6.07) is 25.0. The van der Waals surface area contributed by atoms with Crippen molar-refractivity contribution in [1.29, 1.82) is 0 Å². The first-order valence-electron chi connectivity index (χ1n) is 24.9. The summed E-state index contributed by atoms with van der Waals surface area (Å²) < 4.78 is 70.9. The third-order valence-electron chi connectivity index (χ3n) is 13.1. The Labute approximate surface area is 464 Å². The van der Waals surface area contributed by atoms with Crippen molar-refractivity contribution < 1.29 is 55.7 Å². The molecule has 0 radical (unpaired) electrons. The topological polar surface area (TPSA) is 226 Å². The number of amides is 2. The molecule has 2 saturated carbocycles. The maximum absolute atomic E-state index is 14.0. The van der Waals surface area contributed by atoms with E-state index in [0.717, 1.165) is 25.7 Å². The van der Waals surface area contributed by atoms with Crippen LogP contribution >= 0.6 is 46.4 Å². The highest BCUT2D eigenvalue weighted by Crippen LogP contribution is 2.50. The van der Waals surface area contributed by atoms with E-state index >= 15 is 0 Å². The van der Waals surface area contributed by atoms with Crippen LogP contribution in [0.15, 0.2) is 97.1 Å². The molecule has 0 bridgehead atoms. The SMILES string of the molecule is CC(C)(C)NS(=O)(=O)C[C@H](C1CC1)N1C(=O)[C@@H](CC(=O)O)O[C@H](c2cccc(Cl)c2)[C@H]1c1ccc(Cl)cc1.CC(C)(C)NS(=O)(=O)C[C@H](C1CC1)N1C(=O)[C@H](CC(=O)O)O[C@H](c2cccc(Cl)c2)[C@H]1c1ccc(Cl)cc1. The van der Waals surface area contributed by atoms with E-state index in [0.29, 0.717) is 42.3 Å². The van der Waals surface area contributed by atoms with Crippen molar-refractivity contribution in [3.8, 4) is 0 Å². The van der Waals surface area contributed by atoms with Gasteiger partial charge in [-0.2, -0.15) is 0 Å². The average Bonchev–Trinajstić information content (AvgIpc) is 4.24. The highest BCUT2D eigenvalue weighted by Gasteiger charge is 2.53. The molecule has 16 nitrogen and oxygen atoms in total. The Morgan fingerprint density at radius 2 is 0.882 bits per heavy atom. The number of carboxylic acid groups (broad SMARTS) is 2. The third kappa shape index (κ3) is 15.9. The molecule has 4 aliphatic rings. The maximum atomic E-state index is 14.0. The Morgan fingerprint density at radius 1 is 0.553 bits per heavy atom. The number of rotatable bonds is 18. The van der Waals surface area contributed by atoms with Crippen molar-refractivity contribution in [2.45, 2.75) is 140 Å². The maximum Gasteiger partial charge on any atom is 0.306 e. The van der Waals surface area contributed by atoms with Gasteiger partial charge in [-0.3, -0.25) is 19.2 Å². The zero-order chi connectivity index (χ0) is 55.7. The van der Waals surface area contributed by atoms with Gasteiger partial charge in [0, 0.05) is 31.2 Å². The van der Waals surface area contributed by atoms with Gasteiger partial charge in [-0.15, -0.1) is 0 Å². The number of carbonyl (C=O) groups excluding carboxylic acids is 2. The zero-order valence-electron chi connectivity index (χ0n) is 42.9. The number of hydrogen-bond donors (Lipinski definition) is 4. The standard InChI is InChI=1S/2C27H32Cl2N2O6S/c2*1-27(2,3)30-38(35,36)15-21(16-7-8-16)31-24(17-9-11-19(28)12-10-17)25(18-5-4-6-20(29)13-18)37-22(26(31)34)14-23(32)33/h2*4-6,9-13,16,21-22,24-25,30H,7-8,14-15H2,1-3H3,(H,32,33)/t21-,22+,24-,25-;21-,22-,24-,25-/m11/s1. The van der Waals surface area contributed by atoms with Crippen LogP contribution in [0.4, 0.5) is 0 Å². The van der Waals surface area contributed by atoms with E-state index in [9.17, 15) is 46.2 Å². The number of carbonyl (C=O) groups is 4. The minimum atomic E-state index is -3.80. The lowest BCUT2D eigenvalue weighted by molar-refractivity contribution is -0.183. The molecule has 4 fully saturated rings. The Hall–Kier alpha value is -4.34. The number of nitrogens with one attached hydrogen (secondary N) is 2. The summed E-state index contributed by atoms with van der Waals surface area (Å²) in [7, 11) is -7.60.